The van der Waals surface area contributed by atoms with Crippen LogP contribution in [0.5, 0.6) is 5.75 Å². The monoisotopic (exact) mass is 428 g/mol. The van der Waals surface area contributed by atoms with Crippen LogP contribution in [0.15, 0.2) is 47.4 Å². The van der Waals surface area contributed by atoms with Crippen molar-refractivity contribution >= 4 is 21.6 Å². The fourth-order valence-corrected chi connectivity index (χ4v) is 4.21. The smallest absolute Gasteiger partial charge is 0.273 e. The molecule has 0 atom stereocenters. The zero-order valence-electron chi connectivity index (χ0n) is 17.2. The summed E-state index contributed by atoms with van der Waals surface area (Å²) in [7, 11) is -2.33. The average molecular weight is 429 g/mol. The van der Waals surface area contributed by atoms with Gasteiger partial charge in [-0.15, -0.1) is 0 Å². The molecule has 3 rings (SSSR count). The molecule has 0 fully saturated rings. The minimum atomic E-state index is -3.73. The lowest BCUT2D eigenvalue weighted by atomic mass is 10.1. The molecule has 0 aliphatic carbocycles. The number of amides is 1. The van der Waals surface area contributed by atoms with Crippen LogP contribution in [-0.4, -0.2) is 38.2 Å². The van der Waals surface area contributed by atoms with Gasteiger partial charge in [-0.3, -0.25) is 9.89 Å². The summed E-state index contributed by atoms with van der Waals surface area (Å²) in [6.07, 6.45) is 0. The molecule has 30 heavy (non-hydrogen) atoms. The number of aromatic nitrogens is 2. The van der Waals surface area contributed by atoms with Crippen LogP contribution in [0.3, 0.4) is 0 Å². The van der Waals surface area contributed by atoms with Gasteiger partial charge in [0.1, 0.15) is 16.3 Å². The van der Waals surface area contributed by atoms with Crippen molar-refractivity contribution in [2.75, 3.05) is 19.0 Å². The van der Waals surface area contributed by atoms with Crippen molar-refractivity contribution in [1.29, 1.82) is 0 Å². The van der Waals surface area contributed by atoms with Crippen LogP contribution in [0.2, 0.25) is 0 Å². The first-order valence-corrected chi connectivity index (χ1v) is 10.9. The molecule has 158 valence electrons. The number of aromatic amines is 1. The molecule has 0 aliphatic rings. The van der Waals surface area contributed by atoms with E-state index in [1.165, 1.54) is 13.2 Å². The molecule has 3 aromatic rings. The number of aryl methyl sites for hydroxylation is 1. The Balaban J connectivity index is 1.90. The standard InChI is InChI=1S/C21H24N4O4S/c1-5-22-30(27,28)20-11-15(9-10-19(20)29-4)17-12-18(25-24-17)21(26)23-16-8-6-7-13(2)14(16)3/h6-12,22H,5H2,1-4H3,(H,23,26)(H,24,25). The van der Waals surface area contributed by atoms with Crippen molar-refractivity contribution in [3.63, 3.8) is 0 Å². The number of benzene rings is 2. The largest absolute Gasteiger partial charge is 0.495 e. The van der Waals surface area contributed by atoms with Gasteiger partial charge in [0.2, 0.25) is 10.0 Å². The first kappa shape index (κ1) is 21.5. The fourth-order valence-electron chi connectivity index (χ4n) is 2.98. The summed E-state index contributed by atoms with van der Waals surface area (Å²) in [6, 6.07) is 12.0. The molecule has 9 heteroatoms. The molecule has 2 aromatic carbocycles. The third-order valence-corrected chi connectivity index (χ3v) is 6.33. The van der Waals surface area contributed by atoms with Gasteiger partial charge in [-0.1, -0.05) is 19.1 Å². The zero-order chi connectivity index (χ0) is 21.9. The van der Waals surface area contributed by atoms with E-state index in [1.54, 1.807) is 25.1 Å². The number of nitrogens with zero attached hydrogens (tertiary/aromatic N) is 1. The quantitative estimate of drug-likeness (QED) is 0.535. The second-order valence-corrected chi connectivity index (χ2v) is 8.47. The van der Waals surface area contributed by atoms with Gasteiger partial charge in [0.15, 0.2) is 0 Å². The van der Waals surface area contributed by atoms with Gasteiger partial charge in [0.25, 0.3) is 5.91 Å². The molecule has 0 bridgehead atoms. The Morgan fingerprint density at radius 3 is 2.63 bits per heavy atom. The molecule has 1 aromatic heterocycles. The van der Waals surface area contributed by atoms with Gasteiger partial charge in [-0.05, 0) is 55.3 Å². The Labute approximate surface area is 175 Å². The number of hydrogen-bond acceptors (Lipinski definition) is 5. The lowest BCUT2D eigenvalue weighted by Crippen LogP contribution is -2.23. The van der Waals surface area contributed by atoms with Crippen molar-refractivity contribution < 1.29 is 17.9 Å². The summed E-state index contributed by atoms with van der Waals surface area (Å²) < 4.78 is 32.6. The lowest BCUT2D eigenvalue weighted by Gasteiger charge is -2.11. The molecule has 0 radical (unpaired) electrons. The number of methoxy groups -OCH3 is 1. The Bertz CT molecular complexity index is 1190. The van der Waals surface area contributed by atoms with Crippen LogP contribution in [0, 0.1) is 13.8 Å². The molecule has 1 heterocycles. The van der Waals surface area contributed by atoms with Gasteiger partial charge in [-0.2, -0.15) is 5.10 Å². The third kappa shape index (κ3) is 4.37. The number of ether oxygens (including phenoxy) is 1. The van der Waals surface area contributed by atoms with Gasteiger partial charge in [0.05, 0.1) is 12.8 Å². The number of sulfonamides is 1. The van der Waals surface area contributed by atoms with Gasteiger partial charge in [-0.25, -0.2) is 13.1 Å². The summed E-state index contributed by atoms with van der Waals surface area (Å²) in [4.78, 5) is 12.6. The highest BCUT2D eigenvalue weighted by Crippen LogP contribution is 2.29. The number of nitrogens with one attached hydrogen (secondary N) is 3. The molecular weight excluding hydrogens is 404 g/mol. The Morgan fingerprint density at radius 2 is 1.93 bits per heavy atom. The fraction of sp³-hybridized carbons (Fsp3) is 0.238. The van der Waals surface area contributed by atoms with Crippen molar-refractivity contribution in [2.45, 2.75) is 25.7 Å². The van der Waals surface area contributed by atoms with Crippen molar-refractivity contribution in [2.24, 2.45) is 0 Å². The molecule has 0 saturated heterocycles. The normalized spacial score (nSPS) is 11.3. The molecule has 0 saturated carbocycles. The van der Waals surface area contributed by atoms with Crippen LogP contribution < -0.4 is 14.8 Å². The molecule has 0 spiro atoms. The second kappa shape index (κ2) is 8.68. The summed E-state index contributed by atoms with van der Waals surface area (Å²) in [5.74, 6) is -0.111. The van der Waals surface area contributed by atoms with Crippen LogP contribution in [-0.2, 0) is 10.0 Å². The topological polar surface area (TPSA) is 113 Å². The van der Waals surface area contributed by atoms with Crippen LogP contribution in [0.1, 0.15) is 28.5 Å². The summed E-state index contributed by atoms with van der Waals surface area (Å²) >= 11 is 0. The second-order valence-electron chi connectivity index (χ2n) is 6.74. The number of carbonyl (C=O) groups excluding carboxylic acids is 1. The average Bonchev–Trinajstić information content (AvgIpc) is 3.21. The van der Waals surface area contributed by atoms with Crippen molar-refractivity contribution in [3.05, 3.63) is 59.3 Å². The predicted molar refractivity (Wildman–Crippen MR) is 115 cm³/mol. The van der Waals surface area contributed by atoms with E-state index < -0.39 is 10.0 Å². The van der Waals surface area contributed by atoms with E-state index in [2.05, 4.69) is 20.2 Å². The third-order valence-electron chi connectivity index (χ3n) is 4.76. The Kier molecular flexibility index (Phi) is 6.23. The highest BCUT2D eigenvalue weighted by Gasteiger charge is 2.21. The Morgan fingerprint density at radius 1 is 1.17 bits per heavy atom. The number of anilines is 1. The molecule has 0 unspecified atom stereocenters. The first-order valence-electron chi connectivity index (χ1n) is 9.38. The van der Waals surface area contributed by atoms with Crippen molar-refractivity contribution in [3.8, 4) is 17.0 Å². The maximum absolute atomic E-state index is 12.6. The maximum Gasteiger partial charge on any atom is 0.273 e. The van der Waals surface area contributed by atoms with E-state index in [0.717, 1.165) is 16.8 Å². The Hall–Kier alpha value is -3.17. The number of H-pyrrole nitrogens is 1. The van der Waals surface area contributed by atoms with E-state index in [-0.39, 0.29) is 28.8 Å². The first-order chi connectivity index (χ1) is 14.3. The van der Waals surface area contributed by atoms with E-state index in [1.807, 2.05) is 32.0 Å². The van der Waals surface area contributed by atoms with Gasteiger partial charge in [0, 0.05) is 17.8 Å². The zero-order valence-corrected chi connectivity index (χ0v) is 18.1. The van der Waals surface area contributed by atoms with Crippen molar-refractivity contribution in [1.82, 2.24) is 14.9 Å². The molecule has 0 aliphatic heterocycles. The van der Waals surface area contributed by atoms with E-state index in [9.17, 15) is 13.2 Å². The van der Waals surface area contributed by atoms with E-state index >= 15 is 0 Å². The molecular formula is C21H24N4O4S. The van der Waals surface area contributed by atoms with E-state index in [0.29, 0.717) is 11.3 Å². The van der Waals surface area contributed by atoms with Gasteiger partial charge < -0.3 is 10.1 Å². The highest BCUT2D eigenvalue weighted by molar-refractivity contribution is 7.89. The minimum Gasteiger partial charge on any atom is -0.495 e. The van der Waals surface area contributed by atoms with Gasteiger partial charge >= 0.3 is 0 Å². The summed E-state index contributed by atoms with van der Waals surface area (Å²) in [6.45, 7) is 5.86. The number of hydrogen-bond donors (Lipinski definition) is 3. The van der Waals surface area contributed by atoms with Crippen LogP contribution in [0.4, 0.5) is 5.69 Å². The number of rotatable bonds is 7. The molecule has 8 nitrogen and oxygen atoms in total. The van der Waals surface area contributed by atoms with Crippen LogP contribution in [0.25, 0.3) is 11.3 Å². The maximum atomic E-state index is 12.6. The summed E-state index contributed by atoms with van der Waals surface area (Å²) in [5.41, 5.74) is 4.02. The number of carbonyl (C=O) groups is 1. The van der Waals surface area contributed by atoms with E-state index in [4.69, 9.17) is 4.74 Å². The SMILES string of the molecule is CCNS(=O)(=O)c1cc(-c2cc(C(=O)Nc3cccc(C)c3C)[nH]n2)ccc1OC. The molecule has 1 amide bonds. The predicted octanol–water partition coefficient (Wildman–Crippen LogP) is 3.25. The molecule has 3 N–H and O–H groups in total. The lowest BCUT2D eigenvalue weighted by molar-refractivity contribution is 0.102. The summed E-state index contributed by atoms with van der Waals surface area (Å²) in [5, 5.41) is 9.75. The van der Waals surface area contributed by atoms with Crippen LogP contribution >= 0.6 is 0 Å². The highest BCUT2D eigenvalue weighted by atomic mass is 32.2. The minimum absolute atomic E-state index is 0.00809.